The van der Waals surface area contributed by atoms with Crippen molar-refractivity contribution in [1.82, 2.24) is 4.90 Å². The molecule has 1 rings (SSSR count). The summed E-state index contributed by atoms with van der Waals surface area (Å²) in [6.45, 7) is 8.79. The number of piperidine rings is 1. The standard InChI is InChI=1S/C31H63N/c1-3-5-7-9-11-13-15-17-19-21-23-26-31-27-25-29-32(30-31)28-24-22-20-18-16-14-12-10-8-6-4-2/h31H,3-30H2,1-2H3. The molecule has 1 heteroatoms. The van der Waals surface area contributed by atoms with Gasteiger partial charge in [0.1, 0.15) is 0 Å². The highest BCUT2D eigenvalue weighted by atomic mass is 15.1. The van der Waals surface area contributed by atoms with E-state index in [-0.39, 0.29) is 0 Å². The zero-order valence-electron chi connectivity index (χ0n) is 22.8. The minimum Gasteiger partial charge on any atom is -0.303 e. The van der Waals surface area contributed by atoms with Crippen molar-refractivity contribution in [3.8, 4) is 0 Å². The predicted molar refractivity (Wildman–Crippen MR) is 147 cm³/mol. The first kappa shape index (κ1) is 30.0. The summed E-state index contributed by atoms with van der Waals surface area (Å²) in [6.07, 6.45) is 36.7. The average Bonchev–Trinajstić information content (AvgIpc) is 2.81. The monoisotopic (exact) mass is 449 g/mol. The maximum absolute atomic E-state index is 2.81. The van der Waals surface area contributed by atoms with Gasteiger partial charge in [0, 0.05) is 6.54 Å². The van der Waals surface area contributed by atoms with Crippen molar-refractivity contribution in [2.45, 2.75) is 174 Å². The van der Waals surface area contributed by atoms with E-state index in [1.165, 1.54) is 180 Å². The van der Waals surface area contributed by atoms with Gasteiger partial charge in [-0.1, -0.05) is 149 Å². The lowest BCUT2D eigenvalue weighted by Gasteiger charge is -2.32. The van der Waals surface area contributed by atoms with E-state index in [2.05, 4.69) is 18.7 Å². The average molecular weight is 450 g/mol. The van der Waals surface area contributed by atoms with Gasteiger partial charge in [0.15, 0.2) is 0 Å². The Morgan fingerprint density at radius 3 is 1.38 bits per heavy atom. The maximum atomic E-state index is 2.81. The van der Waals surface area contributed by atoms with Crippen molar-refractivity contribution in [2.75, 3.05) is 19.6 Å². The van der Waals surface area contributed by atoms with E-state index in [1.807, 2.05) is 0 Å². The van der Waals surface area contributed by atoms with Crippen LogP contribution in [0.4, 0.5) is 0 Å². The van der Waals surface area contributed by atoms with E-state index >= 15 is 0 Å². The second-order valence-electron chi connectivity index (χ2n) is 11.2. The van der Waals surface area contributed by atoms with Crippen molar-refractivity contribution < 1.29 is 0 Å². The van der Waals surface area contributed by atoms with Crippen LogP contribution in [0.15, 0.2) is 0 Å². The lowest BCUT2D eigenvalue weighted by Crippen LogP contribution is -2.36. The van der Waals surface area contributed by atoms with Crippen LogP contribution >= 0.6 is 0 Å². The normalized spacial score (nSPS) is 17.2. The van der Waals surface area contributed by atoms with Gasteiger partial charge in [0.25, 0.3) is 0 Å². The van der Waals surface area contributed by atoms with E-state index in [9.17, 15) is 0 Å². The van der Waals surface area contributed by atoms with Crippen LogP contribution < -0.4 is 0 Å². The van der Waals surface area contributed by atoms with Crippen molar-refractivity contribution in [2.24, 2.45) is 5.92 Å². The van der Waals surface area contributed by atoms with Crippen molar-refractivity contribution in [3.05, 3.63) is 0 Å². The Bertz CT molecular complexity index is 320. The maximum Gasteiger partial charge on any atom is 0.000966 e. The Morgan fingerprint density at radius 2 is 0.906 bits per heavy atom. The second-order valence-corrected chi connectivity index (χ2v) is 11.2. The van der Waals surface area contributed by atoms with Crippen LogP contribution in [0.25, 0.3) is 0 Å². The lowest BCUT2D eigenvalue weighted by atomic mass is 9.92. The first-order chi connectivity index (χ1) is 15.9. The van der Waals surface area contributed by atoms with Crippen LogP contribution in [0.2, 0.25) is 0 Å². The first-order valence-electron chi connectivity index (χ1n) is 15.6. The minimum atomic E-state index is 1.01. The summed E-state index contributed by atoms with van der Waals surface area (Å²) in [4.78, 5) is 2.81. The fraction of sp³-hybridized carbons (Fsp3) is 1.00. The Kier molecular flexibility index (Phi) is 22.6. The fourth-order valence-electron chi connectivity index (χ4n) is 5.69. The number of rotatable bonds is 24. The molecule has 0 amide bonds. The molecule has 1 heterocycles. The van der Waals surface area contributed by atoms with E-state index in [0.29, 0.717) is 0 Å². The number of likely N-dealkylation sites (tertiary alicyclic amines) is 1. The molecule has 0 spiro atoms. The van der Waals surface area contributed by atoms with Gasteiger partial charge in [-0.2, -0.15) is 0 Å². The SMILES string of the molecule is CCCCCCCCCCCCCC1CCCN(CCCCCCCCCCCCC)C1. The van der Waals surface area contributed by atoms with Crippen LogP contribution in [0.5, 0.6) is 0 Å². The Balaban J connectivity index is 1.85. The molecule has 1 saturated heterocycles. The molecule has 0 aromatic heterocycles. The van der Waals surface area contributed by atoms with Gasteiger partial charge >= 0.3 is 0 Å². The molecule has 0 bridgehead atoms. The first-order valence-corrected chi connectivity index (χ1v) is 15.6. The molecule has 0 aliphatic carbocycles. The summed E-state index contributed by atoms with van der Waals surface area (Å²) in [5, 5.41) is 0. The molecule has 1 atom stereocenters. The van der Waals surface area contributed by atoms with E-state index < -0.39 is 0 Å². The molecule has 0 radical (unpaired) electrons. The lowest BCUT2D eigenvalue weighted by molar-refractivity contribution is 0.163. The highest BCUT2D eigenvalue weighted by Gasteiger charge is 2.18. The molecule has 1 aliphatic rings. The Labute approximate surface area is 204 Å². The van der Waals surface area contributed by atoms with Gasteiger partial charge in [-0.25, -0.2) is 0 Å². The Hall–Kier alpha value is -0.0400. The van der Waals surface area contributed by atoms with Gasteiger partial charge in [-0.3, -0.25) is 0 Å². The smallest absolute Gasteiger partial charge is 0.000966 e. The van der Waals surface area contributed by atoms with E-state index in [0.717, 1.165) is 5.92 Å². The molecule has 1 nitrogen and oxygen atoms in total. The van der Waals surface area contributed by atoms with Crippen LogP contribution in [-0.2, 0) is 0 Å². The molecule has 0 aromatic rings. The summed E-state index contributed by atoms with van der Waals surface area (Å²) in [6, 6.07) is 0. The van der Waals surface area contributed by atoms with Crippen molar-refractivity contribution in [3.63, 3.8) is 0 Å². The Morgan fingerprint density at radius 1 is 0.500 bits per heavy atom. The number of hydrogen-bond donors (Lipinski definition) is 0. The van der Waals surface area contributed by atoms with Crippen LogP contribution in [0.3, 0.4) is 0 Å². The van der Waals surface area contributed by atoms with E-state index in [1.54, 1.807) is 0 Å². The van der Waals surface area contributed by atoms with Crippen molar-refractivity contribution in [1.29, 1.82) is 0 Å². The summed E-state index contributed by atoms with van der Waals surface area (Å²) < 4.78 is 0. The highest BCUT2D eigenvalue weighted by molar-refractivity contribution is 4.73. The number of hydrogen-bond acceptors (Lipinski definition) is 1. The molecule has 1 fully saturated rings. The number of unbranched alkanes of at least 4 members (excludes halogenated alkanes) is 20. The summed E-state index contributed by atoms with van der Waals surface area (Å²) >= 11 is 0. The number of nitrogens with zero attached hydrogens (tertiary/aromatic N) is 1. The molecule has 1 aliphatic heterocycles. The van der Waals surface area contributed by atoms with Gasteiger partial charge in [0.05, 0.1) is 0 Å². The second kappa shape index (κ2) is 24.1. The molecule has 0 saturated carbocycles. The van der Waals surface area contributed by atoms with E-state index in [4.69, 9.17) is 0 Å². The molecular weight excluding hydrogens is 386 g/mol. The zero-order chi connectivity index (χ0) is 23.0. The minimum absolute atomic E-state index is 1.01. The topological polar surface area (TPSA) is 3.24 Å². The summed E-state index contributed by atoms with van der Waals surface area (Å²) in [5.74, 6) is 1.01. The zero-order valence-corrected chi connectivity index (χ0v) is 22.8. The molecule has 32 heavy (non-hydrogen) atoms. The van der Waals surface area contributed by atoms with Gasteiger partial charge in [-0.05, 0) is 44.7 Å². The summed E-state index contributed by atoms with van der Waals surface area (Å²) in [7, 11) is 0. The van der Waals surface area contributed by atoms with Gasteiger partial charge in [-0.15, -0.1) is 0 Å². The van der Waals surface area contributed by atoms with Gasteiger partial charge < -0.3 is 4.90 Å². The van der Waals surface area contributed by atoms with Crippen LogP contribution in [0, 0.1) is 5.92 Å². The molecule has 0 aromatic carbocycles. The van der Waals surface area contributed by atoms with Crippen molar-refractivity contribution >= 4 is 0 Å². The van der Waals surface area contributed by atoms with Crippen LogP contribution in [0.1, 0.15) is 174 Å². The fourth-order valence-corrected chi connectivity index (χ4v) is 5.69. The molecule has 0 N–H and O–H groups in total. The van der Waals surface area contributed by atoms with Gasteiger partial charge in [0.2, 0.25) is 0 Å². The quantitative estimate of drug-likeness (QED) is 0.132. The third-order valence-electron chi connectivity index (χ3n) is 7.90. The molecular formula is C31H63N. The summed E-state index contributed by atoms with van der Waals surface area (Å²) in [5.41, 5.74) is 0. The largest absolute Gasteiger partial charge is 0.303 e. The molecule has 1 unspecified atom stereocenters. The highest BCUT2D eigenvalue weighted by Crippen LogP contribution is 2.23. The third kappa shape index (κ3) is 19.4. The third-order valence-corrected chi connectivity index (χ3v) is 7.90. The molecule has 192 valence electrons. The predicted octanol–water partition coefficient (Wildman–Crippen LogP) is 10.7. The van der Waals surface area contributed by atoms with Crippen LogP contribution in [-0.4, -0.2) is 24.5 Å².